The van der Waals surface area contributed by atoms with E-state index in [1.807, 2.05) is 12.1 Å². The van der Waals surface area contributed by atoms with Crippen LogP contribution in [0.3, 0.4) is 0 Å². The zero-order chi connectivity index (χ0) is 23.5. The lowest BCUT2D eigenvalue weighted by Gasteiger charge is -2.29. The molecule has 6 nitrogen and oxygen atoms in total. The molecule has 0 bridgehead atoms. The maximum absolute atomic E-state index is 12.6. The van der Waals surface area contributed by atoms with Crippen LogP contribution in [0.4, 0.5) is 9.18 Å². The number of amides is 2. The van der Waals surface area contributed by atoms with E-state index in [-0.39, 0.29) is 12.7 Å². The summed E-state index contributed by atoms with van der Waals surface area (Å²) in [6.07, 6.45) is 2.53. The Hall–Kier alpha value is -2.35. The van der Waals surface area contributed by atoms with Crippen molar-refractivity contribution in [1.29, 1.82) is 0 Å². The van der Waals surface area contributed by atoms with Gasteiger partial charge in [0.1, 0.15) is 11.9 Å². The second-order valence-corrected chi connectivity index (χ2v) is 8.76. The number of aliphatic hydroxyl groups is 1. The van der Waals surface area contributed by atoms with Gasteiger partial charge in [0, 0.05) is 18.1 Å². The number of unbranched alkanes of at least 4 members (excludes halogenated alkanes) is 1. The van der Waals surface area contributed by atoms with Gasteiger partial charge in [0.25, 0.3) is 0 Å². The van der Waals surface area contributed by atoms with Gasteiger partial charge < -0.3 is 25.4 Å². The van der Waals surface area contributed by atoms with E-state index in [2.05, 4.69) is 15.5 Å². The predicted molar refractivity (Wildman–Crippen MR) is 128 cm³/mol. The summed E-state index contributed by atoms with van der Waals surface area (Å²) < 4.78 is 17.8. The fourth-order valence-electron chi connectivity index (χ4n) is 3.85. The van der Waals surface area contributed by atoms with Crippen LogP contribution in [0, 0.1) is 0 Å². The summed E-state index contributed by atoms with van der Waals surface area (Å²) in [5.74, 6) is 0.676. The van der Waals surface area contributed by atoms with Crippen LogP contribution in [0.25, 0.3) is 0 Å². The first-order valence-corrected chi connectivity index (χ1v) is 11.9. The Labute approximate surface area is 200 Å². The largest absolute Gasteiger partial charge is 0.494 e. The van der Waals surface area contributed by atoms with Gasteiger partial charge in [-0.3, -0.25) is 4.39 Å². The van der Waals surface area contributed by atoms with Crippen LogP contribution in [0.2, 0.25) is 5.02 Å². The molecular formula is C25H33ClFN3O3. The average molecular weight is 478 g/mol. The maximum atomic E-state index is 12.6. The summed E-state index contributed by atoms with van der Waals surface area (Å²) in [5, 5.41) is 17.5. The molecule has 1 aliphatic rings. The lowest BCUT2D eigenvalue weighted by Crippen LogP contribution is -2.49. The van der Waals surface area contributed by atoms with Gasteiger partial charge in [-0.15, -0.1) is 0 Å². The molecule has 1 saturated heterocycles. The molecule has 0 aliphatic carbocycles. The summed E-state index contributed by atoms with van der Waals surface area (Å²) in [7, 11) is 0. The summed E-state index contributed by atoms with van der Waals surface area (Å²) in [6, 6.07) is 13.7. The number of hydrogen-bond donors (Lipinski definition) is 3. The number of alkyl halides is 1. The standard InChI is InChI=1S/C25H33ClFN3O3/c26-21-9-5-19(6-10-21)17-28-25(32)29-23(18-30-14-2-3-15-30)24(31)20-7-11-22(12-8-20)33-16-4-1-13-27/h5-12,23-24,31H,1-4,13-18H2,(H2,28,29,32). The first-order chi connectivity index (χ1) is 16.0. The molecule has 0 radical (unpaired) electrons. The number of carbonyl (C=O) groups excluding carboxylic acids is 1. The minimum absolute atomic E-state index is 0.332. The monoisotopic (exact) mass is 477 g/mol. The molecule has 0 saturated carbocycles. The molecule has 1 aliphatic heterocycles. The van der Waals surface area contributed by atoms with Crippen molar-refractivity contribution in [2.24, 2.45) is 0 Å². The van der Waals surface area contributed by atoms with Gasteiger partial charge in [0.2, 0.25) is 0 Å². The normalized spacial score (nSPS) is 15.7. The Morgan fingerprint density at radius 1 is 1.09 bits per heavy atom. The molecule has 2 amide bonds. The quantitative estimate of drug-likeness (QED) is 0.394. The Kier molecular flexibility index (Phi) is 10.2. The highest BCUT2D eigenvalue weighted by Crippen LogP contribution is 2.22. The van der Waals surface area contributed by atoms with Crippen LogP contribution in [0.15, 0.2) is 48.5 Å². The maximum Gasteiger partial charge on any atom is 0.315 e. The number of urea groups is 1. The highest BCUT2D eigenvalue weighted by Gasteiger charge is 2.26. The molecule has 33 heavy (non-hydrogen) atoms. The molecule has 180 valence electrons. The molecule has 3 N–H and O–H groups in total. The van der Waals surface area contributed by atoms with Gasteiger partial charge in [-0.1, -0.05) is 35.9 Å². The van der Waals surface area contributed by atoms with E-state index < -0.39 is 12.1 Å². The minimum Gasteiger partial charge on any atom is -0.494 e. The zero-order valence-corrected chi connectivity index (χ0v) is 19.6. The van der Waals surface area contributed by atoms with Gasteiger partial charge in [0.05, 0.1) is 19.3 Å². The fraction of sp³-hybridized carbons (Fsp3) is 0.480. The van der Waals surface area contributed by atoms with Crippen molar-refractivity contribution >= 4 is 17.6 Å². The van der Waals surface area contributed by atoms with Gasteiger partial charge in [-0.2, -0.15) is 0 Å². The van der Waals surface area contributed by atoms with E-state index in [0.29, 0.717) is 48.9 Å². The molecule has 0 spiro atoms. The molecule has 1 heterocycles. The Morgan fingerprint density at radius 3 is 2.45 bits per heavy atom. The molecule has 2 unspecified atom stereocenters. The Morgan fingerprint density at radius 2 is 1.79 bits per heavy atom. The number of aliphatic hydroxyl groups excluding tert-OH is 1. The molecule has 2 atom stereocenters. The minimum atomic E-state index is -0.868. The lowest BCUT2D eigenvalue weighted by molar-refractivity contribution is 0.109. The summed E-state index contributed by atoms with van der Waals surface area (Å²) in [6.45, 7) is 2.97. The molecule has 1 fully saturated rings. The smallest absolute Gasteiger partial charge is 0.315 e. The third-order valence-corrected chi connectivity index (χ3v) is 5.99. The SMILES string of the molecule is O=C(NCc1ccc(Cl)cc1)NC(CN1CCCC1)C(O)c1ccc(OCCCCF)cc1. The molecule has 0 aromatic heterocycles. The summed E-state index contributed by atoms with van der Waals surface area (Å²) >= 11 is 5.91. The predicted octanol–water partition coefficient (Wildman–Crippen LogP) is 4.47. The van der Waals surface area contributed by atoms with E-state index in [1.165, 1.54) is 0 Å². The highest BCUT2D eigenvalue weighted by atomic mass is 35.5. The van der Waals surface area contributed by atoms with Crippen molar-refractivity contribution in [2.75, 3.05) is 32.9 Å². The van der Waals surface area contributed by atoms with E-state index in [0.717, 1.165) is 31.5 Å². The van der Waals surface area contributed by atoms with Crippen LogP contribution >= 0.6 is 11.6 Å². The molecule has 8 heteroatoms. The van der Waals surface area contributed by atoms with Crippen LogP contribution < -0.4 is 15.4 Å². The van der Waals surface area contributed by atoms with Gasteiger partial charge in [-0.05, 0) is 74.2 Å². The first-order valence-electron chi connectivity index (χ1n) is 11.5. The molecule has 2 aromatic rings. The average Bonchev–Trinajstić information content (AvgIpc) is 3.34. The summed E-state index contributed by atoms with van der Waals surface area (Å²) in [4.78, 5) is 14.9. The summed E-state index contributed by atoms with van der Waals surface area (Å²) in [5.41, 5.74) is 1.64. The van der Waals surface area contributed by atoms with Gasteiger partial charge in [0.15, 0.2) is 0 Å². The van der Waals surface area contributed by atoms with Crippen LogP contribution in [-0.2, 0) is 6.54 Å². The number of nitrogens with zero attached hydrogens (tertiary/aromatic N) is 1. The fourth-order valence-corrected chi connectivity index (χ4v) is 3.98. The van der Waals surface area contributed by atoms with Crippen molar-refractivity contribution in [3.05, 3.63) is 64.7 Å². The highest BCUT2D eigenvalue weighted by molar-refractivity contribution is 6.30. The Bertz CT molecular complexity index is 845. The number of likely N-dealkylation sites (tertiary alicyclic amines) is 1. The lowest BCUT2D eigenvalue weighted by atomic mass is 10.0. The van der Waals surface area contributed by atoms with E-state index in [1.54, 1.807) is 36.4 Å². The topological polar surface area (TPSA) is 73.8 Å². The van der Waals surface area contributed by atoms with Gasteiger partial charge >= 0.3 is 6.03 Å². The number of carbonyl (C=O) groups is 1. The molecule has 3 rings (SSSR count). The second kappa shape index (κ2) is 13.4. The first kappa shape index (κ1) is 25.3. The zero-order valence-electron chi connectivity index (χ0n) is 18.8. The number of benzene rings is 2. The number of rotatable bonds is 12. The Balaban J connectivity index is 1.58. The van der Waals surface area contributed by atoms with E-state index in [4.69, 9.17) is 16.3 Å². The van der Waals surface area contributed by atoms with Crippen molar-refractivity contribution in [3.8, 4) is 5.75 Å². The number of nitrogens with one attached hydrogen (secondary N) is 2. The van der Waals surface area contributed by atoms with Crippen molar-refractivity contribution < 1.29 is 19.0 Å². The van der Waals surface area contributed by atoms with Crippen LogP contribution in [-0.4, -0.2) is 55.0 Å². The number of halogens is 2. The van der Waals surface area contributed by atoms with Crippen LogP contribution in [0.1, 0.15) is 42.9 Å². The number of ether oxygens (including phenoxy) is 1. The molecule has 2 aromatic carbocycles. The third kappa shape index (κ3) is 8.50. The van der Waals surface area contributed by atoms with E-state index >= 15 is 0 Å². The van der Waals surface area contributed by atoms with Crippen molar-refractivity contribution in [1.82, 2.24) is 15.5 Å². The van der Waals surface area contributed by atoms with E-state index in [9.17, 15) is 14.3 Å². The second-order valence-electron chi connectivity index (χ2n) is 8.33. The number of hydrogen-bond acceptors (Lipinski definition) is 4. The van der Waals surface area contributed by atoms with Crippen LogP contribution in [0.5, 0.6) is 5.75 Å². The molecular weight excluding hydrogens is 445 g/mol. The van der Waals surface area contributed by atoms with Gasteiger partial charge in [-0.25, -0.2) is 4.79 Å². The van der Waals surface area contributed by atoms with Crippen molar-refractivity contribution in [3.63, 3.8) is 0 Å². The van der Waals surface area contributed by atoms with Crippen molar-refractivity contribution in [2.45, 2.75) is 44.4 Å². The third-order valence-electron chi connectivity index (χ3n) is 5.74.